The Kier molecular flexibility index (Phi) is 4.74. The van der Waals surface area contributed by atoms with E-state index in [1.54, 1.807) is 6.07 Å². The Labute approximate surface area is 146 Å². The number of aryl methyl sites for hydroxylation is 2. The van der Waals surface area contributed by atoms with Crippen molar-refractivity contribution < 1.29 is 9.32 Å². The zero-order chi connectivity index (χ0) is 17.3. The van der Waals surface area contributed by atoms with Gasteiger partial charge in [0.05, 0.1) is 7.05 Å². The molecule has 0 spiro atoms. The number of fused-ring (bicyclic) bond motifs is 1. The second kappa shape index (κ2) is 6.80. The summed E-state index contributed by atoms with van der Waals surface area (Å²) >= 11 is 5.94. The maximum atomic E-state index is 12.0. The maximum absolute atomic E-state index is 12.0. The minimum absolute atomic E-state index is 0.287. The fraction of sp³-hybridized carbons (Fsp3) is 0.250. The van der Waals surface area contributed by atoms with Crippen molar-refractivity contribution in [3.63, 3.8) is 0 Å². The lowest BCUT2D eigenvalue weighted by atomic mass is 10.0. The molecule has 3 aromatic rings. The van der Waals surface area contributed by atoms with Crippen molar-refractivity contribution in [1.82, 2.24) is 0 Å². The minimum Gasteiger partial charge on any atom is -0.422 e. The first-order valence-electron chi connectivity index (χ1n) is 8.02. The van der Waals surface area contributed by atoms with Crippen LogP contribution in [0.25, 0.3) is 11.0 Å². The van der Waals surface area contributed by atoms with E-state index >= 15 is 0 Å². The largest absolute Gasteiger partial charge is 0.422 e. The van der Waals surface area contributed by atoms with Crippen molar-refractivity contribution in [3.8, 4) is 0 Å². The normalized spacial score (nSPS) is 12.5. The van der Waals surface area contributed by atoms with Gasteiger partial charge < -0.3 is 9.32 Å². The van der Waals surface area contributed by atoms with Gasteiger partial charge in [-0.1, -0.05) is 35.9 Å². The first-order chi connectivity index (χ1) is 11.4. The number of benzene rings is 2. The van der Waals surface area contributed by atoms with Gasteiger partial charge in [0.25, 0.3) is 0 Å². The molecule has 0 radical (unpaired) electrons. The van der Waals surface area contributed by atoms with Crippen LogP contribution in [0, 0.1) is 13.8 Å². The highest BCUT2D eigenvalue weighted by atomic mass is 35.5. The molecule has 1 aromatic heterocycles. The highest BCUT2D eigenvalue weighted by Gasteiger charge is 2.13. The lowest BCUT2D eigenvalue weighted by Crippen LogP contribution is -3.06. The highest BCUT2D eigenvalue weighted by Crippen LogP contribution is 2.22. The molecule has 1 atom stereocenters. The van der Waals surface area contributed by atoms with Crippen LogP contribution in [0.2, 0.25) is 5.02 Å². The maximum Gasteiger partial charge on any atom is 0.336 e. The molecule has 2 aromatic carbocycles. The summed E-state index contributed by atoms with van der Waals surface area (Å²) in [6.07, 6.45) is 0. The average molecular weight is 343 g/mol. The second-order valence-electron chi connectivity index (χ2n) is 6.41. The van der Waals surface area contributed by atoms with Gasteiger partial charge in [-0.15, -0.1) is 0 Å². The van der Waals surface area contributed by atoms with Crippen molar-refractivity contribution in [1.29, 1.82) is 0 Å². The monoisotopic (exact) mass is 342 g/mol. The van der Waals surface area contributed by atoms with E-state index < -0.39 is 0 Å². The number of halogens is 1. The topological polar surface area (TPSA) is 34.7 Å². The molecule has 3 nitrogen and oxygen atoms in total. The third-order valence-electron chi connectivity index (χ3n) is 4.43. The van der Waals surface area contributed by atoms with Crippen LogP contribution in [0.1, 0.15) is 22.3 Å². The van der Waals surface area contributed by atoms with Crippen LogP contribution < -0.4 is 10.5 Å². The molecule has 0 saturated carbocycles. The summed E-state index contributed by atoms with van der Waals surface area (Å²) in [6, 6.07) is 13.6. The van der Waals surface area contributed by atoms with Gasteiger partial charge in [0.15, 0.2) is 0 Å². The van der Waals surface area contributed by atoms with E-state index in [1.807, 2.05) is 44.2 Å². The van der Waals surface area contributed by atoms with Gasteiger partial charge in [0.2, 0.25) is 0 Å². The average Bonchev–Trinajstić information content (AvgIpc) is 2.53. The summed E-state index contributed by atoms with van der Waals surface area (Å²) in [4.78, 5) is 13.2. The van der Waals surface area contributed by atoms with Crippen LogP contribution in [0.4, 0.5) is 0 Å². The Hall–Kier alpha value is -2.10. The number of rotatable bonds is 4. The summed E-state index contributed by atoms with van der Waals surface area (Å²) in [5.41, 5.74) is 4.82. The van der Waals surface area contributed by atoms with Crippen LogP contribution in [-0.2, 0) is 13.1 Å². The molecule has 1 heterocycles. The lowest BCUT2D eigenvalue weighted by Gasteiger charge is -2.16. The first kappa shape index (κ1) is 16.7. The van der Waals surface area contributed by atoms with E-state index in [2.05, 4.69) is 13.1 Å². The summed E-state index contributed by atoms with van der Waals surface area (Å²) in [6.45, 7) is 5.64. The highest BCUT2D eigenvalue weighted by molar-refractivity contribution is 6.30. The van der Waals surface area contributed by atoms with Gasteiger partial charge in [-0.25, -0.2) is 4.79 Å². The van der Waals surface area contributed by atoms with E-state index in [9.17, 15) is 4.79 Å². The van der Waals surface area contributed by atoms with Crippen LogP contribution in [0.5, 0.6) is 0 Å². The predicted octanol–water partition coefficient (Wildman–Crippen LogP) is 3.28. The van der Waals surface area contributed by atoms with Crippen molar-refractivity contribution in [3.05, 3.63) is 80.2 Å². The zero-order valence-electron chi connectivity index (χ0n) is 14.2. The molecule has 0 bridgehead atoms. The van der Waals surface area contributed by atoms with Gasteiger partial charge in [-0.2, -0.15) is 0 Å². The minimum atomic E-state index is -0.287. The number of nitrogens with one attached hydrogen (secondary N) is 1. The first-order valence-corrected chi connectivity index (χ1v) is 8.40. The third-order valence-corrected chi connectivity index (χ3v) is 4.68. The number of hydrogen-bond donors (Lipinski definition) is 1. The molecule has 0 amide bonds. The molecule has 24 heavy (non-hydrogen) atoms. The Morgan fingerprint density at radius 1 is 1.04 bits per heavy atom. The Morgan fingerprint density at radius 3 is 2.46 bits per heavy atom. The van der Waals surface area contributed by atoms with Crippen molar-refractivity contribution in [2.45, 2.75) is 26.9 Å². The van der Waals surface area contributed by atoms with E-state index in [0.29, 0.717) is 5.58 Å². The molecule has 0 aliphatic carbocycles. The van der Waals surface area contributed by atoms with Gasteiger partial charge in [-0.05, 0) is 37.1 Å². The van der Waals surface area contributed by atoms with Gasteiger partial charge in [-0.3, -0.25) is 0 Å². The molecule has 0 fully saturated rings. The van der Waals surface area contributed by atoms with Crippen molar-refractivity contribution in [2.75, 3.05) is 7.05 Å². The van der Waals surface area contributed by atoms with E-state index in [-0.39, 0.29) is 5.63 Å². The van der Waals surface area contributed by atoms with E-state index in [0.717, 1.165) is 40.2 Å². The molecule has 0 aliphatic heterocycles. The summed E-state index contributed by atoms with van der Waals surface area (Å²) < 4.78 is 5.45. The van der Waals surface area contributed by atoms with Crippen molar-refractivity contribution in [2.24, 2.45) is 0 Å². The van der Waals surface area contributed by atoms with E-state index in [4.69, 9.17) is 16.0 Å². The molecule has 1 N–H and O–H groups in total. The number of hydrogen-bond acceptors (Lipinski definition) is 2. The molecule has 124 valence electrons. The molecular formula is C20H21ClNO2+. The van der Waals surface area contributed by atoms with Crippen LogP contribution in [0.3, 0.4) is 0 Å². The van der Waals surface area contributed by atoms with Gasteiger partial charge >= 0.3 is 5.63 Å². The lowest BCUT2D eigenvalue weighted by molar-refractivity contribution is -0.907. The fourth-order valence-corrected chi connectivity index (χ4v) is 3.14. The van der Waals surface area contributed by atoms with Gasteiger partial charge in [0.1, 0.15) is 18.7 Å². The quantitative estimate of drug-likeness (QED) is 0.738. The fourth-order valence-electron chi connectivity index (χ4n) is 3.01. The zero-order valence-corrected chi connectivity index (χ0v) is 14.9. The standard InChI is InChI=1S/C20H20ClNO2/c1-13-4-9-18-16(10-19(23)24-20(18)14(13)2)12-22(3)11-15-5-7-17(21)8-6-15/h4-10H,11-12H2,1-3H3/p+1. The molecule has 3 rings (SSSR count). The Morgan fingerprint density at radius 2 is 1.75 bits per heavy atom. The molecule has 4 heteroatoms. The van der Waals surface area contributed by atoms with Crippen molar-refractivity contribution >= 4 is 22.6 Å². The third kappa shape index (κ3) is 3.53. The van der Waals surface area contributed by atoms with Crippen LogP contribution >= 0.6 is 11.6 Å². The van der Waals surface area contributed by atoms with Crippen LogP contribution in [-0.4, -0.2) is 7.05 Å². The SMILES string of the molecule is Cc1ccc2c(C[NH+](C)Cc3ccc(Cl)cc3)cc(=O)oc2c1C. The predicted molar refractivity (Wildman–Crippen MR) is 97.7 cm³/mol. The molecule has 0 aliphatic rings. The Balaban J connectivity index is 1.90. The van der Waals surface area contributed by atoms with E-state index in [1.165, 1.54) is 10.5 Å². The molecular weight excluding hydrogens is 322 g/mol. The summed E-state index contributed by atoms with van der Waals surface area (Å²) in [5.74, 6) is 0. The smallest absolute Gasteiger partial charge is 0.336 e. The Bertz CT molecular complexity index is 929. The second-order valence-corrected chi connectivity index (χ2v) is 6.85. The van der Waals surface area contributed by atoms with Gasteiger partial charge in [0, 0.05) is 27.6 Å². The summed E-state index contributed by atoms with van der Waals surface area (Å²) in [7, 11) is 2.12. The van der Waals surface area contributed by atoms with Crippen LogP contribution in [0.15, 0.2) is 51.7 Å². The number of quaternary nitrogens is 1. The summed E-state index contributed by atoms with van der Waals surface area (Å²) in [5, 5.41) is 1.77. The molecule has 1 unspecified atom stereocenters. The molecule has 0 saturated heterocycles.